The maximum Gasteiger partial charge on any atom is 1.00 e. The van der Waals surface area contributed by atoms with Crippen molar-refractivity contribution in [3.05, 3.63) is 0 Å². The van der Waals surface area contributed by atoms with Gasteiger partial charge in [-0.3, -0.25) is 4.57 Å². The molecule has 0 rings (SSSR count). The first kappa shape index (κ1) is 15.7. The van der Waals surface area contributed by atoms with Gasteiger partial charge in [0.1, 0.15) is 13.0 Å². The van der Waals surface area contributed by atoms with E-state index in [0.717, 1.165) is 0 Å². The van der Waals surface area contributed by atoms with E-state index in [1.807, 2.05) is 0 Å². The Kier molecular flexibility index (Phi) is 6.84. The number of aliphatic hydroxyl groups excluding tert-OH is 1. The first-order valence-corrected chi connectivity index (χ1v) is 5.72. The molecule has 0 saturated heterocycles. The van der Waals surface area contributed by atoms with E-state index in [1.165, 1.54) is 0 Å². The molecule has 68 valence electrons. The van der Waals surface area contributed by atoms with E-state index >= 15 is 0 Å². The van der Waals surface area contributed by atoms with E-state index in [4.69, 9.17) is 19.8 Å². The molecule has 2 unspecified atom stereocenters. The Balaban J connectivity index is 0. The van der Waals surface area contributed by atoms with Gasteiger partial charge in [-0.2, -0.15) is 0 Å². The predicted octanol–water partition coefficient (Wildman–Crippen LogP) is -4.97. The fraction of sp³-hybridized carbons (Fsp3) is 1.00. The van der Waals surface area contributed by atoms with Gasteiger partial charge in [-0.05, 0) is 0 Å². The van der Waals surface area contributed by atoms with Gasteiger partial charge in [-0.25, -0.2) is 0 Å². The van der Waals surface area contributed by atoms with Crippen molar-refractivity contribution in [3.8, 4) is 0 Å². The summed E-state index contributed by atoms with van der Waals surface area (Å²) < 4.78 is 20.4. The minimum atomic E-state index is -5.16. The molecule has 0 aromatic heterocycles. The van der Waals surface area contributed by atoms with Gasteiger partial charge in [-0.15, -0.1) is 0 Å². The summed E-state index contributed by atoms with van der Waals surface area (Å²) in [5.74, 6) is 0. The third kappa shape index (κ3) is 5.09. The van der Waals surface area contributed by atoms with Gasteiger partial charge in [0, 0.05) is 0 Å². The van der Waals surface area contributed by atoms with Crippen molar-refractivity contribution in [3.63, 3.8) is 0 Å². The van der Waals surface area contributed by atoms with Crippen LogP contribution in [-0.4, -0.2) is 31.8 Å². The molecular formula is C2H7NaO7P2. The Hall–Kier alpha value is 1.26. The van der Waals surface area contributed by atoms with Crippen LogP contribution in [0.4, 0.5) is 0 Å². The van der Waals surface area contributed by atoms with E-state index in [1.54, 1.807) is 0 Å². The van der Waals surface area contributed by atoms with Gasteiger partial charge in [-0.1, -0.05) is 0 Å². The molecule has 0 spiro atoms. The monoisotopic (exact) mass is 228 g/mol. The second-order valence-corrected chi connectivity index (χ2v) is 5.78. The fourth-order valence-corrected chi connectivity index (χ4v) is 2.34. The van der Waals surface area contributed by atoms with Crippen molar-refractivity contribution < 1.29 is 63.4 Å². The molecule has 0 fully saturated rings. The molecule has 10 heteroatoms. The van der Waals surface area contributed by atoms with E-state index in [2.05, 4.69) is 0 Å². The van der Waals surface area contributed by atoms with Gasteiger partial charge >= 0.3 is 37.2 Å². The van der Waals surface area contributed by atoms with Gasteiger partial charge in [0.15, 0.2) is 0 Å². The van der Waals surface area contributed by atoms with E-state index in [9.17, 15) is 14.0 Å². The summed E-state index contributed by atoms with van der Waals surface area (Å²) in [6.07, 6.45) is 0. The standard InChI is InChI=1S/C2H8O7P2.Na/c3-1-2(10(4,5)6)11(7,8)9;/h2-3H,1H2,(H2,4,5,6)(H2,7,8,9);/q;+1/p-1. The van der Waals surface area contributed by atoms with Crippen molar-refractivity contribution >= 4 is 15.2 Å². The van der Waals surface area contributed by atoms with Crippen LogP contribution in [0.15, 0.2) is 0 Å². The van der Waals surface area contributed by atoms with Crippen LogP contribution in [0.1, 0.15) is 0 Å². The molecule has 0 heterocycles. The van der Waals surface area contributed by atoms with Gasteiger partial charge < -0.3 is 29.2 Å². The minimum Gasteiger partial charge on any atom is -0.778 e. The van der Waals surface area contributed by atoms with Crippen LogP contribution in [0.25, 0.3) is 0 Å². The molecule has 0 aromatic carbocycles. The van der Waals surface area contributed by atoms with Crippen molar-refractivity contribution in [1.29, 1.82) is 0 Å². The third-order valence-corrected chi connectivity index (χ3v) is 4.56. The van der Waals surface area contributed by atoms with E-state index in [0.29, 0.717) is 0 Å². The molecule has 0 saturated carbocycles. The van der Waals surface area contributed by atoms with Crippen LogP contribution in [0, 0.1) is 0 Å². The quantitative estimate of drug-likeness (QED) is 0.280. The minimum absolute atomic E-state index is 0. The molecule has 4 N–H and O–H groups in total. The molecule has 0 aliphatic carbocycles. The molecule has 0 aliphatic heterocycles. The number of aliphatic hydroxyl groups is 1. The van der Waals surface area contributed by atoms with E-state index < -0.39 is 27.2 Å². The molecular weight excluding hydrogens is 221 g/mol. The third-order valence-electron chi connectivity index (χ3n) is 0.928. The molecule has 2 atom stereocenters. The smallest absolute Gasteiger partial charge is 0.778 e. The first-order valence-electron chi connectivity index (χ1n) is 2.39. The van der Waals surface area contributed by atoms with Crippen LogP contribution in [-0.2, 0) is 9.13 Å². The number of hydrogen-bond acceptors (Lipinski definition) is 4. The summed E-state index contributed by atoms with van der Waals surface area (Å²) in [5.41, 5.74) is 0. The molecule has 12 heavy (non-hydrogen) atoms. The van der Waals surface area contributed by atoms with Crippen LogP contribution >= 0.6 is 15.2 Å². The fourth-order valence-electron chi connectivity index (χ4n) is 0.400. The Morgan fingerprint density at radius 3 is 1.58 bits per heavy atom. The van der Waals surface area contributed by atoms with Crippen molar-refractivity contribution in [2.24, 2.45) is 0 Å². The summed E-state index contributed by atoms with van der Waals surface area (Å²) >= 11 is 0. The maximum atomic E-state index is 10.2. The number of rotatable bonds is 3. The second-order valence-electron chi connectivity index (χ2n) is 1.82. The zero-order valence-corrected chi connectivity index (χ0v) is 9.98. The molecule has 0 radical (unpaired) electrons. The second kappa shape index (κ2) is 5.22. The SMILES string of the molecule is O=P([O-])(O)C(CO)P(=O)(O)O.[Na+]. The van der Waals surface area contributed by atoms with Gasteiger partial charge in [0.05, 0.1) is 6.61 Å². The van der Waals surface area contributed by atoms with Crippen molar-refractivity contribution in [2.45, 2.75) is 5.40 Å². The Morgan fingerprint density at radius 2 is 1.58 bits per heavy atom. The summed E-state index contributed by atoms with van der Waals surface area (Å²) in [5, 5.41) is 5.77. The van der Waals surface area contributed by atoms with Crippen molar-refractivity contribution in [2.75, 3.05) is 6.61 Å². The van der Waals surface area contributed by atoms with Crippen LogP contribution in [0.5, 0.6) is 0 Å². The summed E-state index contributed by atoms with van der Waals surface area (Å²) in [6, 6.07) is 0. The average molecular weight is 228 g/mol. The summed E-state index contributed by atoms with van der Waals surface area (Å²) in [7, 11) is -10.1. The van der Waals surface area contributed by atoms with Crippen LogP contribution < -0.4 is 34.5 Å². The summed E-state index contributed by atoms with van der Waals surface area (Å²) in [4.78, 5) is 34.8. The van der Waals surface area contributed by atoms with Crippen LogP contribution in [0.3, 0.4) is 0 Å². The maximum absolute atomic E-state index is 10.2. The Labute approximate surface area is 90.4 Å². The average Bonchev–Trinajstić information content (AvgIpc) is 1.56. The molecule has 7 nitrogen and oxygen atoms in total. The molecule has 0 aromatic rings. The molecule has 0 aliphatic rings. The largest absolute Gasteiger partial charge is 1.00 e. The zero-order chi connectivity index (χ0) is 9.28. The normalized spacial score (nSPS) is 19.1. The Morgan fingerprint density at radius 1 is 1.25 bits per heavy atom. The topological polar surface area (TPSA) is 138 Å². The molecule has 0 bridgehead atoms. The first-order chi connectivity index (χ1) is 4.69. The van der Waals surface area contributed by atoms with Crippen molar-refractivity contribution in [1.82, 2.24) is 0 Å². The molecule has 0 amide bonds. The van der Waals surface area contributed by atoms with Gasteiger partial charge in [0.25, 0.3) is 0 Å². The summed E-state index contributed by atoms with van der Waals surface area (Å²) in [6.45, 7) is -1.30. The van der Waals surface area contributed by atoms with Crippen LogP contribution in [0.2, 0.25) is 0 Å². The van der Waals surface area contributed by atoms with Gasteiger partial charge in [0.2, 0.25) is 0 Å². The predicted molar refractivity (Wildman–Crippen MR) is 32.7 cm³/mol. The van der Waals surface area contributed by atoms with E-state index in [-0.39, 0.29) is 29.6 Å². The zero-order valence-electron chi connectivity index (χ0n) is 6.19. The Bertz CT molecular complexity index is 193. The number of hydrogen-bond donors (Lipinski definition) is 4.